The summed E-state index contributed by atoms with van der Waals surface area (Å²) in [5.74, 6) is -0.290. The molecule has 0 aliphatic carbocycles. The maximum atomic E-state index is 12.8. The highest BCUT2D eigenvalue weighted by atomic mass is 19.1. The number of rotatable bonds is 5. The zero-order valence-electron chi connectivity index (χ0n) is 10.9. The van der Waals surface area contributed by atoms with Gasteiger partial charge in [0, 0.05) is 37.1 Å². The van der Waals surface area contributed by atoms with Crippen molar-refractivity contribution in [1.29, 1.82) is 0 Å². The van der Waals surface area contributed by atoms with Crippen LogP contribution in [0.15, 0.2) is 42.5 Å². The molecule has 0 spiro atoms. The molecule has 0 saturated heterocycles. The molecule has 0 bridgehead atoms. The van der Waals surface area contributed by atoms with Crippen LogP contribution in [0.2, 0.25) is 0 Å². The van der Waals surface area contributed by atoms with Crippen molar-refractivity contribution in [2.75, 3.05) is 17.7 Å². The molecule has 6 heteroatoms. The van der Waals surface area contributed by atoms with Crippen LogP contribution in [0.4, 0.5) is 21.5 Å². The molecular weight excluding hydrogens is 261 g/mol. The Morgan fingerprint density at radius 2 is 1.80 bits per heavy atom. The van der Waals surface area contributed by atoms with Crippen molar-refractivity contribution in [2.45, 2.75) is 6.54 Å². The molecule has 0 unspecified atom stereocenters. The molecule has 0 aliphatic heterocycles. The normalized spacial score (nSPS) is 10.1. The van der Waals surface area contributed by atoms with Gasteiger partial charge < -0.3 is 10.6 Å². The van der Waals surface area contributed by atoms with Crippen LogP contribution in [0.1, 0.15) is 5.56 Å². The number of benzene rings is 2. The van der Waals surface area contributed by atoms with Crippen LogP contribution >= 0.6 is 0 Å². The molecule has 104 valence electrons. The number of hydrogen-bond acceptors (Lipinski definition) is 4. The van der Waals surface area contributed by atoms with Gasteiger partial charge >= 0.3 is 0 Å². The van der Waals surface area contributed by atoms with E-state index in [2.05, 4.69) is 10.6 Å². The van der Waals surface area contributed by atoms with E-state index < -0.39 is 4.92 Å². The van der Waals surface area contributed by atoms with Gasteiger partial charge in [0.2, 0.25) is 0 Å². The zero-order chi connectivity index (χ0) is 14.5. The van der Waals surface area contributed by atoms with Gasteiger partial charge in [0.05, 0.1) is 4.92 Å². The topological polar surface area (TPSA) is 67.2 Å². The Bertz CT molecular complexity index is 614. The summed E-state index contributed by atoms with van der Waals surface area (Å²) in [4.78, 5) is 10.4. The van der Waals surface area contributed by atoms with Crippen molar-refractivity contribution in [3.63, 3.8) is 0 Å². The third kappa shape index (κ3) is 3.44. The van der Waals surface area contributed by atoms with Gasteiger partial charge in [-0.1, -0.05) is 12.1 Å². The largest absolute Gasteiger partial charge is 0.388 e. The Morgan fingerprint density at radius 3 is 2.40 bits per heavy atom. The zero-order valence-corrected chi connectivity index (χ0v) is 10.9. The molecule has 5 nitrogen and oxygen atoms in total. The molecule has 0 aromatic heterocycles. The number of anilines is 2. The molecule has 20 heavy (non-hydrogen) atoms. The first-order chi connectivity index (χ1) is 9.58. The lowest BCUT2D eigenvalue weighted by Crippen LogP contribution is -2.01. The lowest BCUT2D eigenvalue weighted by molar-refractivity contribution is -0.384. The number of nitrogens with one attached hydrogen (secondary N) is 2. The maximum absolute atomic E-state index is 12.8. The second kappa shape index (κ2) is 6.01. The third-order valence-corrected chi connectivity index (χ3v) is 2.83. The Hall–Kier alpha value is -2.63. The van der Waals surface area contributed by atoms with Crippen molar-refractivity contribution in [2.24, 2.45) is 0 Å². The second-order valence-corrected chi connectivity index (χ2v) is 4.26. The van der Waals surface area contributed by atoms with Gasteiger partial charge in [-0.15, -0.1) is 0 Å². The van der Waals surface area contributed by atoms with E-state index in [0.29, 0.717) is 17.9 Å². The summed E-state index contributed by atoms with van der Waals surface area (Å²) in [5, 5.41) is 16.8. The van der Waals surface area contributed by atoms with E-state index in [1.165, 1.54) is 24.3 Å². The van der Waals surface area contributed by atoms with Crippen LogP contribution in [0.3, 0.4) is 0 Å². The predicted molar refractivity (Wildman–Crippen MR) is 76.4 cm³/mol. The number of halogens is 1. The van der Waals surface area contributed by atoms with Gasteiger partial charge in [-0.3, -0.25) is 10.1 Å². The fraction of sp³-hybridized carbons (Fsp3) is 0.143. The first-order valence-corrected chi connectivity index (χ1v) is 6.04. The van der Waals surface area contributed by atoms with Gasteiger partial charge in [0.15, 0.2) is 0 Å². The van der Waals surface area contributed by atoms with Gasteiger partial charge in [0.25, 0.3) is 5.69 Å². The summed E-state index contributed by atoms with van der Waals surface area (Å²) in [6, 6.07) is 10.8. The van der Waals surface area contributed by atoms with Crippen molar-refractivity contribution >= 4 is 17.1 Å². The minimum Gasteiger partial charge on any atom is -0.388 e. The molecule has 0 heterocycles. The van der Waals surface area contributed by atoms with Crippen LogP contribution in [-0.2, 0) is 6.54 Å². The Kier molecular flexibility index (Phi) is 4.14. The number of nitrogens with zero attached hydrogens (tertiary/aromatic N) is 1. The summed E-state index contributed by atoms with van der Waals surface area (Å²) < 4.78 is 12.8. The highest BCUT2D eigenvalue weighted by Crippen LogP contribution is 2.24. The van der Waals surface area contributed by atoms with Crippen molar-refractivity contribution in [1.82, 2.24) is 0 Å². The average molecular weight is 275 g/mol. The molecule has 2 aromatic carbocycles. The van der Waals surface area contributed by atoms with Crippen LogP contribution in [0, 0.1) is 15.9 Å². The number of non-ortho nitro benzene ring substituents is 1. The van der Waals surface area contributed by atoms with Gasteiger partial charge in [-0.25, -0.2) is 4.39 Å². The summed E-state index contributed by atoms with van der Waals surface area (Å²) in [6.07, 6.45) is 0. The van der Waals surface area contributed by atoms with Crippen molar-refractivity contribution in [3.05, 3.63) is 64.0 Å². The minimum absolute atomic E-state index is 0.0125. The maximum Gasteiger partial charge on any atom is 0.273 e. The van der Waals surface area contributed by atoms with Crippen molar-refractivity contribution in [3.8, 4) is 0 Å². The lowest BCUT2D eigenvalue weighted by Gasteiger charge is -2.09. The highest BCUT2D eigenvalue weighted by Gasteiger charge is 2.09. The summed E-state index contributed by atoms with van der Waals surface area (Å²) in [7, 11) is 1.70. The van der Waals surface area contributed by atoms with Crippen molar-refractivity contribution < 1.29 is 9.31 Å². The summed E-state index contributed by atoms with van der Waals surface area (Å²) in [6.45, 7) is 0.463. The molecule has 0 radical (unpaired) electrons. The second-order valence-electron chi connectivity index (χ2n) is 4.26. The first-order valence-electron chi connectivity index (χ1n) is 6.04. The molecule has 2 N–H and O–H groups in total. The van der Waals surface area contributed by atoms with Crippen LogP contribution in [0.25, 0.3) is 0 Å². The van der Waals surface area contributed by atoms with E-state index in [1.807, 2.05) is 0 Å². The molecule has 0 amide bonds. The SMILES string of the molecule is CNc1cc(NCc2ccc(F)cc2)cc([N+](=O)[O-])c1. The summed E-state index contributed by atoms with van der Waals surface area (Å²) >= 11 is 0. The summed E-state index contributed by atoms with van der Waals surface area (Å²) in [5.41, 5.74) is 2.19. The Balaban J connectivity index is 2.14. The predicted octanol–water partition coefficient (Wildman–Crippen LogP) is 3.39. The standard InChI is InChI=1S/C14H14FN3O2/c1-16-12-6-13(8-14(7-12)18(19)20)17-9-10-2-4-11(15)5-3-10/h2-8,16-17H,9H2,1H3. The minimum atomic E-state index is -0.441. The third-order valence-electron chi connectivity index (χ3n) is 2.83. The van der Waals surface area contributed by atoms with Gasteiger partial charge in [-0.05, 0) is 23.8 Å². The molecule has 2 aromatic rings. The van der Waals surface area contributed by atoms with Gasteiger partial charge in [0.1, 0.15) is 5.82 Å². The van der Waals surface area contributed by atoms with E-state index >= 15 is 0 Å². The molecule has 0 fully saturated rings. The number of hydrogen-bond donors (Lipinski definition) is 2. The van der Waals surface area contributed by atoms with Crippen LogP contribution in [-0.4, -0.2) is 12.0 Å². The molecule has 0 atom stereocenters. The van der Waals surface area contributed by atoms with E-state index in [-0.39, 0.29) is 11.5 Å². The van der Waals surface area contributed by atoms with Crippen LogP contribution in [0.5, 0.6) is 0 Å². The van der Waals surface area contributed by atoms with E-state index in [1.54, 1.807) is 25.2 Å². The fourth-order valence-corrected chi connectivity index (χ4v) is 1.77. The highest BCUT2D eigenvalue weighted by molar-refractivity contribution is 5.63. The Labute approximate surface area is 115 Å². The monoisotopic (exact) mass is 275 g/mol. The van der Waals surface area contributed by atoms with E-state index in [4.69, 9.17) is 0 Å². The molecular formula is C14H14FN3O2. The average Bonchev–Trinajstić information content (AvgIpc) is 2.46. The molecule has 0 aliphatic rings. The number of nitro benzene ring substituents is 1. The smallest absolute Gasteiger partial charge is 0.273 e. The van der Waals surface area contributed by atoms with Gasteiger partial charge in [-0.2, -0.15) is 0 Å². The Morgan fingerprint density at radius 1 is 1.15 bits per heavy atom. The molecule has 2 rings (SSSR count). The quantitative estimate of drug-likeness (QED) is 0.648. The van der Waals surface area contributed by atoms with E-state index in [0.717, 1.165) is 5.56 Å². The lowest BCUT2D eigenvalue weighted by atomic mass is 10.2. The van der Waals surface area contributed by atoms with E-state index in [9.17, 15) is 14.5 Å². The number of nitro groups is 1. The fourth-order valence-electron chi connectivity index (χ4n) is 1.77. The van der Waals surface area contributed by atoms with Crippen LogP contribution < -0.4 is 10.6 Å². The first kappa shape index (κ1) is 13.8. The molecule has 0 saturated carbocycles.